The Morgan fingerprint density at radius 2 is 2.12 bits per heavy atom. The number of carboxylic acids is 1. The third-order valence-electron chi connectivity index (χ3n) is 3.34. The molecule has 2 aliphatic rings. The Hall–Kier alpha value is -1.85. The summed E-state index contributed by atoms with van der Waals surface area (Å²) in [5.41, 5.74) is 0.705. The average Bonchev–Trinajstić information content (AvgIpc) is 3.06. The third kappa shape index (κ3) is 1.69. The van der Waals surface area contributed by atoms with Crippen molar-refractivity contribution in [2.75, 3.05) is 6.54 Å². The predicted octanol–water partition coefficient (Wildman–Crippen LogP) is 0.333. The van der Waals surface area contributed by atoms with Gasteiger partial charge in [0.15, 0.2) is 5.69 Å². The molecule has 0 atom stereocenters. The largest absolute Gasteiger partial charge is 0.476 e. The minimum atomic E-state index is -1.03. The second kappa shape index (κ2) is 3.58. The van der Waals surface area contributed by atoms with E-state index in [1.165, 1.54) is 6.33 Å². The van der Waals surface area contributed by atoms with Crippen molar-refractivity contribution in [3.8, 4) is 0 Å². The Morgan fingerprint density at radius 3 is 2.76 bits per heavy atom. The summed E-state index contributed by atoms with van der Waals surface area (Å²) in [7, 11) is 0. The molecule has 0 radical (unpaired) electrons. The van der Waals surface area contributed by atoms with Crippen molar-refractivity contribution in [2.24, 2.45) is 5.92 Å². The van der Waals surface area contributed by atoms with E-state index in [1.54, 1.807) is 4.90 Å². The second-order valence-corrected chi connectivity index (χ2v) is 4.57. The van der Waals surface area contributed by atoms with Crippen molar-refractivity contribution in [3.63, 3.8) is 0 Å². The molecule has 3 rings (SSSR count). The summed E-state index contributed by atoms with van der Waals surface area (Å²) in [5, 5.41) is 9.00. The van der Waals surface area contributed by atoms with Crippen LogP contribution in [0, 0.1) is 5.92 Å². The van der Waals surface area contributed by atoms with E-state index >= 15 is 0 Å². The maximum atomic E-state index is 11.9. The third-order valence-corrected chi connectivity index (χ3v) is 3.34. The van der Waals surface area contributed by atoms with Crippen LogP contribution in [0.1, 0.15) is 29.0 Å². The van der Waals surface area contributed by atoms with Crippen LogP contribution in [0.4, 0.5) is 0 Å². The first-order chi connectivity index (χ1) is 8.16. The molecule has 1 saturated carbocycles. The Balaban J connectivity index is 1.85. The van der Waals surface area contributed by atoms with E-state index in [0.717, 1.165) is 12.8 Å². The first-order valence-corrected chi connectivity index (χ1v) is 5.73. The number of carbonyl (C=O) groups excluding carboxylic acids is 1. The van der Waals surface area contributed by atoms with E-state index in [9.17, 15) is 9.59 Å². The standard InChI is InChI=1S/C11H13N3O3/c15-10(7-1-2-7)13-3-4-14-6-12-9(11(16)17)8(14)5-13/h6-7H,1-5H2,(H,16,17). The van der Waals surface area contributed by atoms with Gasteiger partial charge in [0.25, 0.3) is 0 Å². The summed E-state index contributed by atoms with van der Waals surface area (Å²) in [5.74, 6) is -0.689. The highest BCUT2D eigenvalue weighted by molar-refractivity contribution is 5.87. The second-order valence-electron chi connectivity index (χ2n) is 4.57. The summed E-state index contributed by atoms with van der Waals surface area (Å²) >= 11 is 0. The van der Waals surface area contributed by atoms with Crippen molar-refractivity contribution in [3.05, 3.63) is 17.7 Å². The van der Waals surface area contributed by atoms with Gasteiger partial charge in [0, 0.05) is 19.0 Å². The molecule has 2 heterocycles. The molecule has 90 valence electrons. The molecule has 1 amide bonds. The lowest BCUT2D eigenvalue weighted by Crippen LogP contribution is -2.39. The summed E-state index contributed by atoms with van der Waals surface area (Å²) in [6.45, 7) is 1.66. The zero-order chi connectivity index (χ0) is 12.0. The molecule has 0 bridgehead atoms. The van der Waals surface area contributed by atoms with E-state index in [4.69, 9.17) is 5.11 Å². The normalized spacial score (nSPS) is 18.9. The number of hydrogen-bond acceptors (Lipinski definition) is 3. The number of nitrogens with zero attached hydrogens (tertiary/aromatic N) is 3. The minimum absolute atomic E-state index is 0.0679. The molecule has 0 unspecified atom stereocenters. The zero-order valence-corrected chi connectivity index (χ0v) is 9.30. The van der Waals surface area contributed by atoms with Crippen molar-refractivity contribution < 1.29 is 14.7 Å². The quantitative estimate of drug-likeness (QED) is 0.801. The molecule has 1 N–H and O–H groups in total. The van der Waals surface area contributed by atoms with Gasteiger partial charge < -0.3 is 14.6 Å². The number of hydrogen-bond donors (Lipinski definition) is 1. The number of carbonyl (C=O) groups is 2. The van der Waals surface area contributed by atoms with Crippen molar-refractivity contribution >= 4 is 11.9 Å². The molecule has 1 aliphatic heterocycles. The highest BCUT2D eigenvalue weighted by Crippen LogP contribution is 2.32. The highest BCUT2D eigenvalue weighted by Gasteiger charge is 2.35. The number of imidazole rings is 1. The van der Waals surface area contributed by atoms with Crippen LogP contribution in [0.2, 0.25) is 0 Å². The van der Waals surface area contributed by atoms with Gasteiger partial charge in [-0.15, -0.1) is 0 Å². The topological polar surface area (TPSA) is 75.4 Å². The number of fused-ring (bicyclic) bond motifs is 1. The fourth-order valence-electron chi connectivity index (χ4n) is 2.21. The molecular formula is C11H13N3O3. The zero-order valence-electron chi connectivity index (χ0n) is 9.30. The maximum absolute atomic E-state index is 11.9. The van der Waals surface area contributed by atoms with Gasteiger partial charge in [-0.2, -0.15) is 0 Å². The fourth-order valence-corrected chi connectivity index (χ4v) is 2.21. The maximum Gasteiger partial charge on any atom is 0.356 e. The van der Waals surface area contributed by atoms with Gasteiger partial charge in [-0.25, -0.2) is 9.78 Å². The number of carboxylic acid groups (broad SMARTS) is 1. The van der Waals surface area contributed by atoms with Crippen LogP contribution in [0.3, 0.4) is 0 Å². The summed E-state index contributed by atoms with van der Waals surface area (Å²) < 4.78 is 1.82. The molecule has 0 spiro atoms. The number of rotatable bonds is 2. The summed E-state index contributed by atoms with van der Waals surface area (Å²) in [6.07, 6.45) is 3.48. The van der Waals surface area contributed by atoms with Crippen LogP contribution in [0.15, 0.2) is 6.33 Å². The SMILES string of the molecule is O=C(O)c1ncn2c1CN(C(=O)C1CC1)CC2. The number of aromatic nitrogens is 2. The molecular weight excluding hydrogens is 222 g/mol. The average molecular weight is 235 g/mol. The number of aromatic carboxylic acids is 1. The molecule has 0 saturated heterocycles. The van der Waals surface area contributed by atoms with Gasteiger partial charge in [0.1, 0.15) is 0 Å². The van der Waals surface area contributed by atoms with Gasteiger partial charge in [-0.3, -0.25) is 4.79 Å². The Bertz CT molecular complexity index is 490. The van der Waals surface area contributed by atoms with Crippen molar-refractivity contribution in [2.45, 2.75) is 25.9 Å². The molecule has 6 heteroatoms. The molecule has 1 aromatic heterocycles. The van der Waals surface area contributed by atoms with E-state index in [1.807, 2.05) is 4.57 Å². The Kier molecular flexibility index (Phi) is 2.17. The van der Waals surface area contributed by atoms with E-state index in [-0.39, 0.29) is 17.5 Å². The van der Waals surface area contributed by atoms with Gasteiger partial charge in [-0.05, 0) is 12.8 Å². The molecule has 1 fully saturated rings. The lowest BCUT2D eigenvalue weighted by atomic mass is 10.2. The summed E-state index contributed by atoms with van der Waals surface area (Å²) in [4.78, 5) is 28.5. The molecule has 1 aliphatic carbocycles. The van der Waals surface area contributed by atoms with Crippen LogP contribution in [-0.4, -0.2) is 38.0 Å². The molecule has 1 aromatic rings. The summed E-state index contributed by atoms with van der Waals surface area (Å²) in [6, 6.07) is 0. The van der Waals surface area contributed by atoms with Gasteiger partial charge in [0.2, 0.25) is 5.91 Å². The van der Waals surface area contributed by atoms with Crippen LogP contribution in [0.25, 0.3) is 0 Å². The monoisotopic (exact) mass is 235 g/mol. The first kappa shape index (κ1) is 10.3. The van der Waals surface area contributed by atoms with Crippen LogP contribution >= 0.6 is 0 Å². The van der Waals surface area contributed by atoms with E-state index in [2.05, 4.69) is 4.98 Å². The van der Waals surface area contributed by atoms with Crippen molar-refractivity contribution in [1.82, 2.24) is 14.5 Å². The lowest BCUT2D eigenvalue weighted by molar-refractivity contribution is -0.134. The van der Waals surface area contributed by atoms with Crippen molar-refractivity contribution in [1.29, 1.82) is 0 Å². The van der Waals surface area contributed by atoms with Crippen LogP contribution in [-0.2, 0) is 17.9 Å². The fraction of sp³-hybridized carbons (Fsp3) is 0.545. The molecule has 17 heavy (non-hydrogen) atoms. The van der Waals surface area contributed by atoms with E-state index in [0.29, 0.717) is 25.3 Å². The molecule has 6 nitrogen and oxygen atoms in total. The van der Waals surface area contributed by atoms with Gasteiger partial charge in [0.05, 0.1) is 18.6 Å². The van der Waals surface area contributed by atoms with Gasteiger partial charge >= 0.3 is 5.97 Å². The first-order valence-electron chi connectivity index (χ1n) is 5.73. The lowest BCUT2D eigenvalue weighted by Gasteiger charge is -2.28. The molecule has 0 aromatic carbocycles. The van der Waals surface area contributed by atoms with Gasteiger partial charge in [-0.1, -0.05) is 0 Å². The van der Waals surface area contributed by atoms with E-state index < -0.39 is 5.97 Å². The van der Waals surface area contributed by atoms with Crippen LogP contribution in [0.5, 0.6) is 0 Å². The smallest absolute Gasteiger partial charge is 0.356 e. The minimum Gasteiger partial charge on any atom is -0.476 e. The number of amides is 1. The Morgan fingerprint density at radius 1 is 1.35 bits per heavy atom. The highest BCUT2D eigenvalue weighted by atomic mass is 16.4. The predicted molar refractivity (Wildman–Crippen MR) is 57.3 cm³/mol. The van der Waals surface area contributed by atoms with Crippen LogP contribution < -0.4 is 0 Å². The Labute approximate surface area is 97.9 Å².